The number of carboxylic acids is 1. The molecule has 220 valence electrons. The van der Waals surface area contributed by atoms with Crippen LogP contribution in [0.4, 0.5) is 5.69 Å². The quantitative estimate of drug-likeness (QED) is 0.127. The number of carboxylic acid groups (broad SMARTS) is 1. The Bertz CT molecular complexity index is 1530. The number of para-hydroxylation sites is 1. The first kappa shape index (κ1) is 29.6. The molecule has 1 aliphatic rings. The van der Waals surface area contributed by atoms with Gasteiger partial charge < -0.3 is 20.5 Å². The third-order valence-corrected chi connectivity index (χ3v) is 8.03. The second-order valence-electron chi connectivity index (χ2n) is 11.0. The van der Waals surface area contributed by atoms with Crippen LogP contribution in [0.15, 0.2) is 109 Å². The summed E-state index contributed by atoms with van der Waals surface area (Å²) in [6.07, 6.45) is 3.83. The maximum Gasteiger partial charge on any atom is 0.326 e. The zero-order valence-corrected chi connectivity index (χ0v) is 24.0. The lowest BCUT2D eigenvalue weighted by atomic mass is 9.64. The number of rotatable bonds is 14. The van der Waals surface area contributed by atoms with Crippen LogP contribution in [0.25, 0.3) is 0 Å². The highest BCUT2D eigenvalue weighted by Crippen LogP contribution is 2.44. The molecule has 1 fully saturated rings. The molecule has 1 aliphatic carbocycles. The Morgan fingerprint density at radius 2 is 1.44 bits per heavy atom. The minimum Gasteiger partial charge on any atom is -0.492 e. The summed E-state index contributed by atoms with van der Waals surface area (Å²) < 4.78 is 5.84. The molecule has 0 aliphatic heterocycles. The molecule has 43 heavy (non-hydrogen) atoms. The lowest BCUT2D eigenvalue weighted by Crippen LogP contribution is -2.48. The maximum atomic E-state index is 13.1. The van der Waals surface area contributed by atoms with Crippen molar-refractivity contribution < 1.29 is 24.2 Å². The maximum absolute atomic E-state index is 13.1. The van der Waals surface area contributed by atoms with Crippen molar-refractivity contribution >= 4 is 23.3 Å². The second kappa shape index (κ2) is 13.8. The third-order valence-electron chi connectivity index (χ3n) is 8.03. The molecule has 7 heteroatoms. The molecule has 7 nitrogen and oxygen atoms in total. The van der Waals surface area contributed by atoms with E-state index in [1.54, 1.807) is 60.7 Å². The predicted molar refractivity (Wildman–Crippen MR) is 166 cm³/mol. The molecule has 0 radical (unpaired) electrons. The Kier molecular flexibility index (Phi) is 9.52. The van der Waals surface area contributed by atoms with Crippen molar-refractivity contribution in [1.29, 1.82) is 0 Å². The van der Waals surface area contributed by atoms with Gasteiger partial charge in [0.2, 0.25) is 5.91 Å². The van der Waals surface area contributed by atoms with Crippen LogP contribution in [0.3, 0.4) is 0 Å². The van der Waals surface area contributed by atoms with E-state index < -0.39 is 12.0 Å². The van der Waals surface area contributed by atoms with E-state index in [9.17, 15) is 19.5 Å². The highest BCUT2D eigenvalue weighted by Gasteiger charge is 2.43. The van der Waals surface area contributed by atoms with Gasteiger partial charge in [-0.3, -0.25) is 9.59 Å². The zero-order valence-electron chi connectivity index (χ0n) is 24.0. The standard InChI is InChI=1S/C36H36N2O5/c39-33(28-12-5-2-6-13-28)30-14-7-8-15-31(30)38-32(34(40)41)24-26-16-18-29(19-17-26)43-23-22-37-35(42)36(20-9-21-36)25-27-10-3-1-4-11-27/h1-8,10-19,32,38H,9,20-25H2,(H,37,42)(H,40,41). The van der Waals surface area contributed by atoms with E-state index in [1.807, 2.05) is 36.4 Å². The van der Waals surface area contributed by atoms with Crippen LogP contribution in [0, 0.1) is 5.41 Å². The van der Waals surface area contributed by atoms with Crippen molar-refractivity contribution in [3.63, 3.8) is 0 Å². The molecule has 0 heterocycles. The van der Waals surface area contributed by atoms with Crippen LogP contribution < -0.4 is 15.4 Å². The van der Waals surface area contributed by atoms with E-state index >= 15 is 0 Å². The van der Waals surface area contributed by atoms with Crippen molar-refractivity contribution in [3.05, 3.63) is 131 Å². The molecule has 1 saturated carbocycles. The van der Waals surface area contributed by atoms with E-state index in [4.69, 9.17) is 4.74 Å². The number of benzene rings is 4. The number of ketones is 1. The first-order valence-electron chi connectivity index (χ1n) is 14.7. The number of ether oxygens (including phenoxy) is 1. The molecule has 4 aromatic rings. The molecule has 5 rings (SSSR count). The smallest absolute Gasteiger partial charge is 0.326 e. The van der Waals surface area contributed by atoms with Crippen molar-refractivity contribution in [2.24, 2.45) is 5.41 Å². The number of amides is 1. The Morgan fingerprint density at radius 1 is 0.791 bits per heavy atom. The number of carbonyl (C=O) groups is 3. The van der Waals surface area contributed by atoms with E-state index in [-0.39, 0.29) is 23.5 Å². The summed E-state index contributed by atoms with van der Waals surface area (Å²) in [6.45, 7) is 0.737. The minimum atomic E-state index is -1.02. The first-order chi connectivity index (χ1) is 20.9. The number of hydrogen-bond acceptors (Lipinski definition) is 5. The fourth-order valence-electron chi connectivity index (χ4n) is 5.49. The van der Waals surface area contributed by atoms with Gasteiger partial charge in [-0.15, -0.1) is 0 Å². The summed E-state index contributed by atoms with van der Waals surface area (Å²) in [5.41, 5.74) is 3.08. The van der Waals surface area contributed by atoms with Crippen molar-refractivity contribution in [2.75, 3.05) is 18.5 Å². The number of hydrogen-bond donors (Lipinski definition) is 3. The van der Waals surface area contributed by atoms with Crippen LogP contribution in [-0.4, -0.2) is 42.0 Å². The van der Waals surface area contributed by atoms with E-state index in [0.717, 1.165) is 31.2 Å². The number of anilines is 1. The van der Waals surface area contributed by atoms with Gasteiger partial charge in [0.05, 0.1) is 12.0 Å². The van der Waals surface area contributed by atoms with E-state index in [1.165, 1.54) is 5.56 Å². The molecule has 3 N–H and O–H groups in total. The normalized spacial score (nSPS) is 14.1. The van der Waals surface area contributed by atoms with Gasteiger partial charge in [-0.05, 0) is 54.7 Å². The van der Waals surface area contributed by atoms with Gasteiger partial charge in [-0.2, -0.15) is 0 Å². The predicted octanol–water partition coefficient (Wildman–Crippen LogP) is 5.93. The Hall–Kier alpha value is -4.91. The molecule has 0 bridgehead atoms. The Labute approximate surface area is 251 Å². The third kappa shape index (κ3) is 7.49. The van der Waals surface area contributed by atoms with Gasteiger partial charge in [0.1, 0.15) is 18.4 Å². The van der Waals surface area contributed by atoms with Crippen molar-refractivity contribution in [1.82, 2.24) is 5.32 Å². The van der Waals surface area contributed by atoms with E-state index in [2.05, 4.69) is 22.8 Å². The largest absolute Gasteiger partial charge is 0.492 e. The highest BCUT2D eigenvalue weighted by atomic mass is 16.5. The molecule has 1 amide bonds. The van der Waals surface area contributed by atoms with Gasteiger partial charge in [-0.25, -0.2) is 4.79 Å². The van der Waals surface area contributed by atoms with Crippen LogP contribution in [0.5, 0.6) is 5.75 Å². The molecule has 0 aromatic heterocycles. The molecule has 1 unspecified atom stereocenters. The molecular weight excluding hydrogens is 540 g/mol. The SMILES string of the molecule is O=C(c1ccccc1)c1ccccc1NC(Cc1ccc(OCCNC(=O)C2(Cc3ccccc3)CCC2)cc1)C(=O)O. The number of nitrogens with one attached hydrogen (secondary N) is 2. The molecular formula is C36H36N2O5. The van der Waals surface area contributed by atoms with Gasteiger partial charge in [0.15, 0.2) is 5.78 Å². The van der Waals surface area contributed by atoms with Crippen molar-refractivity contribution in [3.8, 4) is 5.75 Å². The summed E-state index contributed by atoms with van der Waals surface area (Å²) in [5.74, 6) is -0.473. The van der Waals surface area contributed by atoms with Gasteiger partial charge in [-0.1, -0.05) is 91.3 Å². The second-order valence-corrected chi connectivity index (χ2v) is 11.0. The van der Waals surface area contributed by atoms with Gasteiger partial charge >= 0.3 is 5.97 Å². The van der Waals surface area contributed by atoms with Gasteiger partial charge in [0, 0.05) is 23.2 Å². The van der Waals surface area contributed by atoms with Crippen LogP contribution in [-0.2, 0) is 22.4 Å². The number of aliphatic carboxylic acids is 1. The summed E-state index contributed by atoms with van der Waals surface area (Å²) in [6, 6.07) is 32.3. The average molecular weight is 577 g/mol. The molecule has 0 saturated heterocycles. The zero-order chi connectivity index (χ0) is 30.1. The highest BCUT2D eigenvalue weighted by molar-refractivity contribution is 6.12. The van der Waals surface area contributed by atoms with Crippen LogP contribution in [0.2, 0.25) is 0 Å². The topological polar surface area (TPSA) is 105 Å². The van der Waals surface area contributed by atoms with Crippen LogP contribution >= 0.6 is 0 Å². The fraction of sp³-hybridized carbons (Fsp3) is 0.250. The minimum absolute atomic E-state index is 0.0841. The molecule has 1 atom stereocenters. The summed E-state index contributed by atoms with van der Waals surface area (Å²) in [5, 5.41) is 16.0. The number of carbonyl (C=O) groups excluding carboxylic acids is 2. The van der Waals surface area contributed by atoms with Gasteiger partial charge in [0.25, 0.3) is 0 Å². The molecule has 0 spiro atoms. The van der Waals surface area contributed by atoms with E-state index in [0.29, 0.717) is 35.7 Å². The Morgan fingerprint density at radius 3 is 2.09 bits per heavy atom. The van der Waals surface area contributed by atoms with Crippen LogP contribution in [0.1, 0.15) is 46.3 Å². The fourth-order valence-corrected chi connectivity index (χ4v) is 5.49. The monoisotopic (exact) mass is 576 g/mol. The lowest BCUT2D eigenvalue weighted by Gasteiger charge is -2.40. The summed E-state index contributed by atoms with van der Waals surface area (Å²) in [4.78, 5) is 38.2. The summed E-state index contributed by atoms with van der Waals surface area (Å²) in [7, 11) is 0. The lowest BCUT2D eigenvalue weighted by molar-refractivity contribution is -0.138. The molecule has 4 aromatic carbocycles. The van der Waals surface area contributed by atoms with Crippen molar-refractivity contribution in [2.45, 2.75) is 38.1 Å². The average Bonchev–Trinajstić information content (AvgIpc) is 3.02. The first-order valence-corrected chi connectivity index (χ1v) is 14.7. The summed E-state index contributed by atoms with van der Waals surface area (Å²) >= 11 is 0. The Balaban J connectivity index is 1.13.